The Bertz CT molecular complexity index is 1410. The third kappa shape index (κ3) is 4.38. The predicted octanol–water partition coefficient (Wildman–Crippen LogP) is 4.44. The van der Waals surface area contributed by atoms with Gasteiger partial charge in [-0.2, -0.15) is 18.4 Å². The molecule has 1 amide bonds. The van der Waals surface area contributed by atoms with Gasteiger partial charge in [-0.3, -0.25) is 4.79 Å². The van der Waals surface area contributed by atoms with Crippen LogP contribution in [0.2, 0.25) is 0 Å². The van der Waals surface area contributed by atoms with Crippen molar-refractivity contribution in [1.82, 2.24) is 25.3 Å². The lowest BCUT2D eigenvalue weighted by Gasteiger charge is -2.15. The standard InChI is InChI=1S/C23H18F3N7O/c1-12(13-3-5-14(6-4-13)21(34)28-2)32-22-31-9-15(8-27)19(33-22)18-11-30-20-17(18)7-16(10-29-20)23(24,25)26/h3-7,9-12H,1-2H3,(H,28,34)(H,29,30)(H,31,32,33). The Morgan fingerprint density at radius 3 is 2.56 bits per heavy atom. The molecule has 4 rings (SSSR count). The number of hydrogen-bond acceptors (Lipinski definition) is 6. The lowest BCUT2D eigenvalue weighted by Crippen LogP contribution is -2.18. The van der Waals surface area contributed by atoms with E-state index in [0.717, 1.165) is 17.8 Å². The monoisotopic (exact) mass is 465 g/mol. The van der Waals surface area contributed by atoms with E-state index in [1.807, 2.05) is 13.0 Å². The molecule has 0 aliphatic heterocycles. The SMILES string of the molecule is CNC(=O)c1ccc(C(C)Nc2ncc(C#N)c(-c3c[nH]c4ncc(C(F)(F)F)cc34)n2)cc1. The predicted molar refractivity (Wildman–Crippen MR) is 119 cm³/mol. The van der Waals surface area contributed by atoms with Gasteiger partial charge in [0, 0.05) is 36.0 Å². The number of carbonyl (C=O) groups excluding carboxylic acids is 1. The fraction of sp³-hybridized carbons (Fsp3) is 0.174. The van der Waals surface area contributed by atoms with Crippen molar-refractivity contribution >= 4 is 22.9 Å². The summed E-state index contributed by atoms with van der Waals surface area (Å²) < 4.78 is 39.6. The van der Waals surface area contributed by atoms with Crippen LogP contribution in [0, 0.1) is 11.3 Å². The Kier molecular flexibility index (Phi) is 5.89. The number of H-pyrrole nitrogens is 1. The molecule has 3 aromatic heterocycles. The van der Waals surface area contributed by atoms with E-state index in [4.69, 9.17) is 0 Å². The highest BCUT2D eigenvalue weighted by Crippen LogP contribution is 2.35. The van der Waals surface area contributed by atoms with Gasteiger partial charge in [-0.05, 0) is 30.7 Å². The Morgan fingerprint density at radius 2 is 1.91 bits per heavy atom. The first-order chi connectivity index (χ1) is 16.2. The Labute approximate surface area is 191 Å². The molecule has 3 N–H and O–H groups in total. The number of rotatable bonds is 5. The second-order valence-electron chi connectivity index (χ2n) is 7.46. The molecule has 11 heteroatoms. The molecule has 1 aromatic carbocycles. The van der Waals surface area contributed by atoms with E-state index < -0.39 is 11.7 Å². The maximum absolute atomic E-state index is 13.2. The van der Waals surface area contributed by atoms with Gasteiger partial charge in [0.2, 0.25) is 5.95 Å². The van der Waals surface area contributed by atoms with Crippen LogP contribution in [0.3, 0.4) is 0 Å². The third-order valence-corrected chi connectivity index (χ3v) is 5.27. The number of aromatic amines is 1. The highest BCUT2D eigenvalue weighted by Gasteiger charge is 2.31. The summed E-state index contributed by atoms with van der Waals surface area (Å²) in [4.78, 5) is 27.0. The van der Waals surface area contributed by atoms with Crippen LogP contribution in [0.5, 0.6) is 0 Å². The van der Waals surface area contributed by atoms with Gasteiger partial charge in [-0.1, -0.05) is 12.1 Å². The molecular formula is C23H18F3N7O. The molecule has 8 nitrogen and oxygen atoms in total. The maximum atomic E-state index is 13.2. The van der Waals surface area contributed by atoms with Crippen LogP contribution in [-0.2, 0) is 6.18 Å². The molecule has 0 bridgehead atoms. The van der Waals surface area contributed by atoms with E-state index in [0.29, 0.717) is 11.1 Å². The number of nitrogens with one attached hydrogen (secondary N) is 3. The van der Waals surface area contributed by atoms with Gasteiger partial charge in [-0.15, -0.1) is 0 Å². The Morgan fingerprint density at radius 1 is 1.18 bits per heavy atom. The van der Waals surface area contributed by atoms with Crippen LogP contribution in [0.4, 0.5) is 19.1 Å². The highest BCUT2D eigenvalue weighted by atomic mass is 19.4. The molecule has 0 aliphatic carbocycles. The quantitative estimate of drug-likeness (QED) is 0.401. The number of nitrogens with zero attached hydrogens (tertiary/aromatic N) is 4. The zero-order valence-electron chi connectivity index (χ0n) is 18.0. The number of nitriles is 1. The summed E-state index contributed by atoms with van der Waals surface area (Å²) in [5.41, 5.74) is 1.29. The molecule has 0 aliphatic rings. The summed E-state index contributed by atoms with van der Waals surface area (Å²) in [5, 5.41) is 15.4. The van der Waals surface area contributed by atoms with Crippen molar-refractivity contribution in [2.24, 2.45) is 0 Å². The molecule has 1 atom stereocenters. The summed E-state index contributed by atoms with van der Waals surface area (Å²) in [6, 6.07) is 9.65. The molecule has 3 heterocycles. The number of carbonyl (C=O) groups is 1. The van der Waals surface area contributed by atoms with Crippen molar-refractivity contribution in [2.45, 2.75) is 19.1 Å². The van der Waals surface area contributed by atoms with E-state index in [2.05, 4.69) is 30.6 Å². The largest absolute Gasteiger partial charge is 0.417 e. The summed E-state index contributed by atoms with van der Waals surface area (Å²) in [6.07, 6.45) is -1.04. The minimum Gasteiger partial charge on any atom is -0.355 e. The molecule has 0 spiro atoms. The van der Waals surface area contributed by atoms with Gasteiger partial charge in [0.25, 0.3) is 5.91 Å². The minimum absolute atomic E-state index is 0.103. The van der Waals surface area contributed by atoms with Crippen molar-refractivity contribution in [3.63, 3.8) is 0 Å². The number of amides is 1. The average Bonchev–Trinajstić information content (AvgIpc) is 3.26. The van der Waals surface area contributed by atoms with Gasteiger partial charge in [-0.25, -0.2) is 15.0 Å². The second-order valence-corrected chi connectivity index (χ2v) is 7.46. The van der Waals surface area contributed by atoms with Gasteiger partial charge in [0.1, 0.15) is 11.7 Å². The first-order valence-electron chi connectivity index (χ1n) is 10.1. The summed E-state index contributed by atoms with van der Waals surface area (Å²) in [5.74, 6) is -0.0136. The van der Waals surface area contributed by atoms with E-state index >= 15 is 0 Å². The van der Waals surface area contributed by atoms with Crippen LogP contribution in [-0.4, -0.2) is 32.9 Å². The number of hydrogen-bond donors (Lipinski definition) is 3. The van der Waals surface area contributed by atoms with Gasteiger partial charge in [0.05, 0.1) is 29.1 Å². The van der Waals surface area contributed by atoms with Crippen molar-refractivity contribution in [3.05, 3.63) is 71.2 Å². The molecule has 0 radical (unpaired) electrons. The summed E-state index contributed by atoms with van der Waals surface area (Å²) >= 11 is 0. The number of benzene rings is 1. The average molecular weight is 465 g/mol. The zero-order valence-corrected chi connectivity index (χ0v) is 18.0. The summed E-state index contributed by atoms with van der Waals surface area (Å²) in [7, 11) is 1.55. The van der Waals surface area contributed by atoms with E-state index in [-0.39, 0.29) is 40.2 Å². The maximum Gasteiger partial charge on any atom is 0.417 e. The number of pyridine rings is 1. The molecular weight excluding hydrogens is 447 g/mol. The van der Waals surface area contributed by atoms with Gasteiger partial charge >= 0.3 is 6.18 Å². The Hall–Kier alpha value is -4.46. The lowest BCUT2D eigenvalue weighted by molar-refractivity contribution is -0.137. The molecule has 4 aromatic rings. The minimum atomic E-state index is -4.56. The lowest BCUT2D eigenvalue weighted by atomic mass is 10.1. The van der Waals surface area contributed by atoms with Crippen LogP contribution in [0.1, 0.15) is 40.0 Å². The van der Waals surface area contributed by atoms with Crippen molar-refractivity contribution in [3.8, 4) is 17.3 Å². The van der Waals surface area contributed by atoms with Crippen molar-refractivity contribution < 1.29 is 18.0 Å². The van der Waals surface area contributed by atoms with Crippen LogP contribution in [0.15, 0.2) is 48.9 Å². The molecule has 0 saturated carbocycles. The van der Waals surface area contributed by atoms with E-state index in [9.17, 15) is 23.2 Å². The second kappa shape index (κ2) is 8.82. The zero-order chi connectivity index (χ0) is 24.5. The normalized spacial score (nSPS) is 12.2. The molecule has 172 valence electrons. The van der Waals surface area contributed by atoms with Crippen LogP contribution >= 0.6 is 0 Å². The number of fused-ring (bicyclic) bond motifs is 1. The first kappa shape index (κ1) is 22.7. The fourth-order valence-electron chi connectivity index (χ4n) is 3.44. The fourth-order valence-corrected chi connectivity index (χ4v) is 3.44. The number of alkyl halides is 3. The van der Waals surface area contributed by atoms with Gasteiger partial charge < -0.3 is 15.6 Å². The topological polar surface area (TPSA) is 119 Å². The smallest absolute Gasteiger partial charge is 0.355 e. The number of anilines is 1. The first-order valence-corrected chi connectivity index (χ1v) is 10.1. The van der Waals surface area contributed by atoms with Crippen molar-refractivity contribution in [2.75, 3.05) is 12.4 Å². The summed E-state index contributed by atoms with van der Waals surface area (Å²) in [6.45, 7) is 1.86. The molecule has 0 fully saturated rings. The van der Waals surface area contributed by atoms with Crippen LogP contribution in [0.25, 0.3) is 22.3 Å². The van der Waals surface area contributed by atoms with Gasteiger partial charge in [0.15, 0.2) is 0 Å². The van der Waals surface area contributed by atoms with E-state index in [1.165, 1.54) is 12.4 Å². The Balaban J connectivity index is 1.68. The van der Waals surface area contributed by atoms with Crippen LogP contribution < -0.4 is 10.6 Å². The number of aromatic nitrogens is 4. The van der Waals surface area contributed by atoms with Crippen molar-refractivity contribution in [1.29, 1.82) is 5.26 Å². The third-order valence-electron chi connectivity index (χ3n) is 5.27. The highest BCUT2D eigenvalue weighted by molar-refractivity contribution is 5.94. The number of halogens is 3. The molecule has 0 saturated heterocycles. The molecule has 1 unspecified atom stereocenters. The van der Waals surface area contributed by atoms with E-state index in [1.54, 1.807) is 31.3 Å². The molecule has 34 heavy (non-hydrogen) atoms.